The van der Waals surface area contributed by atoms with Gasteiger partial charge in [-0.3, -0.25) is 4.79 Å². The van der Waals surface area contributed by atoms with E-state index in [1.54, 1.807) is 24.3 Å². The lowest BCUT2D eigenvalue weighted by molar-refractivity contribution is 0.240. The first-order chi connectivity index (χ1) is 16.7. The van der Waals surface area contributed by atoms with Gasteiger partial charge in [-0.05, 0) is 52.9 Å². The first-order valence-corrected chi connectivity index (χ1v) is 12.1. The van der Waals surface area contributed by atoms with Crippen LogP contribution in [0.5, 0.6) is 5.75 Å². The molecule has 0 aliphatic carbocycles. The number of halogens is 1. The predicted octanol–water partition coefficient (Wildman–Crippen LogP) is 4.77. The Hall–Kier alpha value is -3.57. The second-order valence-corrected chi connectivity index (χ2v) is 9.90. The van der Waals surface area contributed by atoms with Crippen LogP contribution in [0.25, 0.3) is 32.8 Å². The average molecular weight is 476 g/mol. The Labute approximate surface area is 203 Å². The number of aromatic nitrogens is 2. The van der Waals surface area contributed by atoms with E-state index in [9.17, 15) is 10.1 Å². The zero-order chi connectivity index (χ0) is 25.0. The normalized spacial score (nSPS) is 15.1. The van der Waals surface area contributed by atoms with E-state index in [1.807, 2.05) is 37.2 Å². The van der Waals surface area contributed by atoms with Crippen LogP contribution in [-0.4, -0.2) is 53.8 Å². The summed E-state index contributed by atoms with van der Waals surface area (Å²) in [5, 5.41) is 10.8. The molecule has 35 heavy (non-hydrogen) atoms. The largest absolute Gasteiger partial charge is 0.489 e. The van der Waals surface area contributed by atoms with Crippen LogP contribution < -0.4 is 15.1 Å². The van der Waals surface area contributed by atoms with Gasteiger partial charge in [-0.25, -0.2) is 4.39 Å². The van der Waals surface area contributed by atoms with E-state index < -0.39 is 5.82 Å². The van der Waals surface area contributed by atoms with Crippen LogP contribution >= 0.6 is 0 Å². The zero-order valence-corrected chi connectivity index (χ0v) is 20.8. The van der Waals surface area contributed by atoms with Crippen molar-refractivity contribution in [3.05, 3.63) is 45.9 Å². The number of benzene rings is 2. The minimum Gasteiger partial charge on any atom is -0.489 e. The van der Waals surface area contributed by atoms with Crippen molar-refractivity contribution in [1.82, 2.24) is 14.5 Å². The summed E-state index contributed by atoms with van der Waals surface area (Å²) in [5.74, 6) is -0.0420. The number of hydrogen-bond donors (Lipinski definition) is 1. The summed E-state index contributed by atoms with van der Waals surface area (Å²) in [7, 11) is 2.06. The quantitative estimate of drug-likeness (QED) is 0.460. The number of piperazine rings is 1. The number of fused-ring (bicyclic) bond motifs is 4. The monoisotopic (exact) mass is 475 g/mol. The van der Waals surface area contributed by atoms with E-state index >= 15 is 4.39 Å². The minimum atomic E-state index is -0.438. The summed E-state index contributed by atoms with van der Waals surface area (Å²) in [4.78, 5) is 21.4. The number of H-pyrrole nitrogens is 1. The maximum Gasteiger partial charge on any atom is 0.199 e. The van der Waals surface area contributed by atoms with Crippen LogP contribution in [0.15, 0.2) is 29.1 Å². The second kappa shape index (κ2) is 8.58. The number of nitrogens with one attached hydrogen (secondary N) is 1. The molecule has 0 amide bonds. The van der Waals surface area contributed by atoms with Crippen LogP contribution in [0.3, 0.4) is 0 Å². The lowest BCUT2D eigenvalue weighted by atomic mass is 10.1. The number of nitrogens with zero attached hydrogens (tertiary/aromatic N) is 4. The first kappa shape index (κ1) is 23.2. The molecule has 1 aliphatic rings. The lowest BCUT2D eigenvalue weighted by Gasteiger charge is -2.35. The fourth-order valence-corrected chi connectivity index (χ4v) is 5.11. The molecule has 0 spiro atoms. The molecule has 1 fully saturated rings. The fourth-order valence-electron chi connectivity index (χ4n) is 5.11. The van der Waals surface area contributed by atoms with Gasteiger partial charge in [-0.2, -0.15) is 5.26 Å². The van der Waals surface area contributed by atoms with Gasteiger partial charge in [0.2, 0.25) is 0 Å². The molecule has 0 bridgehead atoms. The van der Waals surface area contributed by atoms with Gasteiger partial charge in [0, 0.05) is 43.1 Å². The number of likely N-dealkylation sites (N-methyl/N-ethyl adjacent to an activating group) is 1. The van der Waals surface area contributed by atoms with Crippen molar-refractivity contribution >= 4 is 38.5 Å². The number of aromatic amines is 1. The zero-order valence-electron chi connectivity index (χ0n) is 20.8. The molecule has 4 aromatic rings. The molecule has 182 valence electrons. The highest BCUT2D eigenvalue weighted by Crippen LogP contribution is 2.40. The third kappa shape index (κ3) is 3.71. The number of pyridine rings is 1. The van der Waals surface area contributed by atoms with E-state index in [2.05, 4.69) is 23.0 Å². The van der Waals surface area contributed by atoms with E-state index in [0.29, 0.717) is 52.0 Å². The Morgan fingerprint density at radius 1 is 1.09 bits per heavy atom. The Morgan fingerprint density at radius 3 is 2.43 bits per heavy atom. The van der Waals surface area contributed by atoms with Gasteiger partial charge in [0.05, 0.1) is 34.0 Å². The Bertz CT molecular complexity index is 1550. The van der Waals surface area contributed by atoms with Crippen LogP contribution in [0.1, 0.15) is 39.3 Å². The van der Waals surface area contributed by atoms with Crippen LogP contribution in [0, 0.1) is 17.1 Å². The van der Waals surface area contributed by atoms with Crippen LogP contribution in [-0.2, 0) is 0 Å². The molecule has 2 aromatic heterocycles. The molecule has 5 rings (SSSR count). The van der Waals surface area contributed by atoms with Crippen molar-refractivity contribution in [2.24, 2.45) is 0 Å². The number of anilines is 1. The van der Waals surface area contributed by atoms with Crippen LogP contribution in [0.2, 0.25) is 0 Å². The van der Waals surface area contributed by atoms with E-state index in [4.69, 9.17) is 4.74 Å². The third-order valence-corrected chi connectivity index (χ3v) is 6.74. The molecule has 7 nitrogen and oxygen atoms in total. The van der Waals surface area contributed by atoms with Crippen molar-refractivity contribution in [3.8, 4) is 11.8 Å². The molecule has 1 saturated heterocycles. The molecule has 3 heterocycles. The average Bonchev–Trinajstić information content (AvgIpc) is 3.19. The Morgan fingerprint density at radius 2 is 1.80 bits per heavy atom. The van der Waals surface area contributed by atoms with Crippen molar-refractivity contribution in [3.63, 3.8) is 0 Å². The molecule has 0 atom stereocenters. The number of nitriles is 1. The maximum absolute atomic E-state index is 16.6. The molecule has 0 unspecified atom stereocenters. The summed E-state index contributed by atoms with van der Waals surface area (Å²) in [6.45, 7) is 10.7. The maximum atomic E-state index is 16.6. The second-order valence-electron chi connectivity index (χ2n) is 9.90. The molecule has 0 radical (unpaired) electrons. The topological polar surface area (TPSA) is 77.3 Å². The van der Waals surface area contributed by atoms with Crippen molar-refractivity contribution in [2.75, 3.05) is 38.1 Å². The van der Waals surface area contributed by atoms with Crippen molar-refractivity contribution in [1.29, 1.82) is 5.26 Å². The molecule has 1 N–H and O–H groups in total. The molecular weight excluding hydrogens is 445 g/mol. The van der Waals surface area contributed by atoms with Gasteiger partial charge in [0.25, 0.3) is 0 Å². The first-order valence-electron chi connectivity index (χ1n) is 12.1. The predicted molar refractivity (Wildman–Crippen MR) is 138 cm³/mol. The SMILES string of the molecule is CC(C)Oc1cc2c(=O)c3c4ccc(C#N)cc4[nH]c3n(C(C)C)c2c(F)c1N1CCN(C)CC1. The van der Waals surface area contributed by atoms with Gasteiger partial charge in [-0.1, -0.05) is 6.07 Å². The third-order valence-electron chi connectivity index (χ3n) is 6.74. The van der Waals surface area contributed by atoms with Gasteiger partial charge >= 0.3 is 0 Å². The van der Waals surface area contributed by atoms with Gasteiger partial charge in [0.15, 0.2) is 11.2 Å². The molecule has 0 saturated carbocycles. The molecule has 8 heteroatoms. The summed E-state index contributed by atoms with van der Waals surface area (Å²) >= 11 is 0. The van der Waals surface area contributed by atoms with Gasteiger partial charge in [-0.15, -0.1) is 0 Å². The summed E-state index contributed by atoms with van der Waals surface area (Å²) < 4.78 is 24.6. The fraction of sp³-hybridized carbons (Fsp3) is 0.407. The summed E-state index contributed by atoms with van der Waals surface area (Å²) in [5.41, 5.74) is 2.17. The Balaban J connectivity index is 1.91. The molecule has 1 aliphatic heterocycles. The highest BCUT2D eigenvalue weighted by molar-refractivity contribution is 6.10. The van der Waals surface area contributed by atoms with Crippen molar-refractivity contribution in [2.45, 2.75) is 39.8 Å². The lowest BCUT2D eigenvalue weighted by Crippen LogP contribution is -2.45. The van der Waals surface area contributed by atoms with Crippen LogP contribution in [0.4, 0.5) is 10.1 Å². The number of ether oxygens (including phenoxy) is 1. The van der Waals surface area contributed by atoms with Gasteiger partial charge in [0.1, 0.15) is 17.1 Å². The highest BCUT2D eigenvalue weighted by Gasteiger charge is 2.28. The number of rotatable bonds is 4. The Kier molecular flexibility index (Phi) is 5.68. The minimum absolute atomic E-state index is 0.129. The molecule has 2 aromatic carbocycles. The van der Waals surface area contributed by atoms with Crippen molar-refractivity contribution < 1.29 is 9.13 Å². The van der Waals surface area contributed by atoms with E-state index in [1.165, 1.54) is 0 Å². The number of hydrogen-bond acceptors (Lipinski definition) is 5. The smallest absolute Gasteiger partial charge is 0.199 e. The summed E-state index contributed by atoms with van der Waals surface area (Å²) in [6.07, 6.45) is -0.174. The highest BCUT2D eigenvalue weighted by atomic mass is 19.1. The van der Waals surface area contributed by atoms with Gasteiger partial charge < -0.3 is 24.1 Å². The standard InChI is InChI=1S/C27H30FN5O2/c1-15(2)33-24-19(26(34)22-18-7-6-17(14-29)12-20(18)30-27(22)33)13-21(35-16(3)4)25(23(24)28)32-10-8-31(5)9-11-32/h6-7,12-13,15-16,30H,8-11H2,1-5H3. The summed E-state index contributed by atoms with van der Waals surface area (Å²) in [6, 6.07) is 8.93. The molecular formula is C27H30FN5O2. The van der Waals surface area contributed by atoms with E-state index in [0.717, 1.165) is 18.5 Å². The van der Waals surface area contributed by atoms with E-state index in [-0.39, 0.29) is 23.1 Å².